The van der Waals surface area contributed by atoms with Crippen LogP contribution in [-0.4, -0.2) is 15.6 Å². The van der Waals surface area contributed by atoms with E-state index in [0.717, 1.165) is 6.54 Å². The molecular formula is C11H16N2O. The Morgan fingerprint density at radius 1 is 1.36 bits per heavy atom. The molecule has 1 aromatic heterocycles. The van der Waals surface area contributed by atoms with Gasteiger partial charge in [-0.05, 0) is 32.4 Å². The molecule has 0 fully saturated rings. The van der Waals surface area contributed by atoms with Crippen molar-refractivity contribution in [2.24, 2.45) is 0 Å². The van der Waals surface area contributed by atoms with Gasteiger partial charge in [-0.3, -0.25) is 9.82 Å². The summed E-state index contributed by atoms with van der Waals surface area (Å²) in [6.45, 7) is 7.94. The average molecular weight is 192 g/mol. The summed E-state index contributed by atoms with van der Waals surface area (Å²) in [4.78, 5) is 9.75. The molecule has 1 aromatic rings. The van der Waals surface area contributed by atoms with E-state index in [0.29, 0.717) is 6.61 Å². The van der Waals surface area contributed by atoms with Gasteiger partial charge < -0.3 is 0 Å². The monoisotopic (exact) mass is 192 g/mol. The van der Waals surface area contributed by atoms with Crippen LogP contribution in [0.25, 0.3) is 0 Å². The second-order valence-corrected chi connectivity index (χ2v) is 4.63. The van der Waals surface area contributed by atoms with Crippen molar-refractivity contribution in [1.82, 2.24) is 10.0 Å². The first-order valence-electron chi connectivity index (χ1n) is 4.90. The van der Waals surface area contributed by atoms with Crippen LogP contribution in [0.15, 0.2) is 18.5 Å². The molecule has 1 aliphatic heterocycles. The molecule has 0 radical (unpaired) electrons. The molecule has 1 aliphatic rings. The van der Waals surface area contributed by atoms with Crippen molar-refractivity contribution < 1.29 is 4.84 Å². The highest BCUT2D eigenvalue weighted by Gasteiger charge is 2.26. The molecule has 0 aromatic carbocycles. The Morgan fingerprint density at radius 2 is 2.14 bits per heavy atom. The summed E-state index contributed by atoms with van der Waals surface area (Å²) in [6, 6.07) is 2.07. The Bertz CT molecular complexity index is 330. The Kier molecular flexibility index (Phi) is 2.29. The van der Waals surface area contributed by atoms with Crippen molar-refractivity contribution in [3.8, 4) is 0 Å². The maximum atomic E-state index is 5.66. The number of hydrogen-bond donors (Lipinski definition) is 0. The Balaban J connectivity index is 2.22. The second-order valence-electron chi connectivity index (χ2n) is 4.63. The molecule has 0 spiro atoms. The molecule has 0 saturated heterocycles. The number of nitrogens with zero attached hydrogens (tertiary/aromatic N) is 2. The van der Waals surface area contributed by atoms with Gasteiger partial charge in [-0.25, -0.2) is 0 Å². The van der Waals surface area contributed by atoms with Crippen LogP contribution in [0.5, 0.6) is 0 Å². The average Bonchev–Trinajstić information content (AvgIpc) is 2.16. The predicted octanol–water partition coefficient (Wildman–Crippen LogP) is 2.13. The van der Waals surface area contributed by atoms with Gasteiger partial charge in [0.15, 0.2) is 0 Å². The number of hydroxylamine groups is 2. The van der Waals surface area contributed by atoms with Gasteiger partial charge in [0.2, 0.25) is 0 Å². The molecule has 0 bridgehead atoms. The van der Waals surface area contributed by atoms with E-state index in [1.807, 2.05) is 17.5 Å². The SMILES string of the molecule is CC(C)(C)N1Cc2ccncc2CO1. The zero-order valence-corrected chi connectivity index (χ0v) is 8.95. The van der Waals surface area contributed by atoms with Crippen molar-refractivity contribution in [1.29, 1.82) is 0 Å². The minimum absolute atomic E-state index is 0.0565. The zero-order chi connectivity index (χ0) is 10.2. The van der Waals surface area contributed by atoms with Crippen molar-refractivity contribution in [3.05, 3.63) is 29.6 Å². The number of hydrogen-bond acceptors (Lipinski definition) is 3. The fourth-order valence-electron chi connectivity index (χ4n) is 1.52. The van der Waals surface area contributed by atoms with Crippen molar-refractivity contribution in [3.63, 3.8) is 0 Å². The molecular weight excluding hydrogens is 176 g/mol. The first-order valence-corrected chi connectivity index (χ1v) is 4.90. The molecule has 2 rings (SSSR count). The largest absolute Gasteiger partial charge is 0.293 e. The fourth-order valence-corrected chi connectivity index (χ4v) is 1.52. The summed E-state index contributed by atoms with van der Waals surface area (Å²) in [5.41, 5.74) is 2.58. The van der Waals surface area contributed by atoms with Crippen LogP contribution in [0.3, 0.4) is 0 Å². The van der Waals surface area contributed by atoms with Gasteiger partial charge in [0.1, 0.15) is 0 Å². The standard InChI is InChI=1S/C11H16N2O/c1-11(2,3)13-7-9-4-5-12-6-10(9)8-14-13/h4-6H,7-8H2,1-3H3. The van der Waals surface area contributed by atoms with Gasteiger partial charge in [0.25, 0.3) is 0 Å². The highest BCUT2D eigenvalue weighted by molar-refractivity contribution is 5.23. The molecule has 0 atom stereocenters. The first kappa shape index (κ1) is 9.62. The van der Waals surface area contributed by atoms with Crippen LogP contribution in [0, 0.1) is 0 Å². The van der Waals surface area contributed by atoms with Gasteiger partial charge in [0, 0.05) is 23.5 Å². The van der Waals surface area contributed by atoms with Gasteiger partial charge in [-0.15, -0.1) is 0 Å². The summed E-state index contributed by atoms with van der Waals surface area (Å²) in [5, 5.41) is 2.02. The first-order chi connectivity index (χ1) is 6.57. The number of aromatic nitrogens is 1. The van der Waals surface area contributed by atoms with Crippen molar-refractivity contribution >= 4 is 0 Å². The topological polar surface area (TPSA) is 25.4 Å². The highest BCUT2D eigenvalue weighted by atomic mass is 16.7. The fraction of sp³-hybridized carbons (Fsp3) is 0.545. The van der Waals surface area contributed by atoms with E-state index in [1.54, 1.807) is 0 Å². The molecule has 0 aliphatic carbocycles. The third-order valence-corrected chi connectivity index (χ3v) is 2.44. The molecule has 14 heavy (non-hydrogen) atoms. The number of pyridine rings is 1. The molecule has 0 saturated carbocycles. The van der Waals surface area contributed by atoms with Crippen LogP contribution in [0.2, 0.25) is 0 Å². The van der Waals surface area contributed by atoms with Gasteiger partial charge >= 0.3 is 0 Å². The van der Waals surface area contributed by atoms with Crippen LogP contribution < -0.4 is 0 Å². The number of fused-ring (bicyclic) bond motifs is 1. The van der Waals surface area contributed by atoms with Crippen LogP contribution in [0.4, 0.5) is 0 Å². The normalized spacial score (nSPS) is 17.9. The molecule has 2 heterocycles. The van der Waals surface area contributed by atoms with Crippen LogP contribution in [0.1, 0.15) is 31.9 Å². The van der Waals surface area contributed by atoms with Crippen molar-refractivity contribution in [2.75, 3.05) is 0 Å². The van der Waals surface area contributed by atoms with Gasteiger partial charge in [0.05, 0.1) is 13.2 Å². The Hall–Kier alpha value is -0.930. The van der Waals surface area contributed by atoms with E-state index in [4.69, 9.17) is 4.84 Å². The van der Waals surface area contributed by atoms with E-state index in [2.05, 4.69) is 31.8 Å². The molecule has 0 amide bonds. The predicted molar refractivity (Wildman–Crippen MR) is 54.3 cm³/mol. The molecule has 3 heteroatoms. The van der Waals surface area contributed by atoms with Crippen LogP contribution in [-0.2, 0) is 18.0 Å². The number of rotatable bonds is 0. The second kappa shape index (κ2) is 3.33. The lowest BCUT2D eigenvalue weighted by Crippen LogP contribution is -2.42. The lowest BCUT2D eigenvalue weighted by molar-refractivity contribution is -0.235. The minimum atomic E-state index is 0.0565. The summed E-state index contributed by atoms with van der Waals surface area (Å²) >= 11 is 0. The Morgan fingerprint density at radius 3 is 2.86 bits per heavy atom. The smallest absolute Gasteiger partial charge is 0.0954 e. The lowest BCUT2D eigenvalue weighted by atomic mass is 10.0. The third kappa shape index (κ3) is 1.79. The van der Waals surface area contributed by atoms with E-state index in [9.17, 15) is 0 Å². The molecule has 0 N–H and O–H groups in total. The Labute approximate surface area is 84.7 Å². The lowest BCUT2D eigenvalue weighted by Gasteiger charge is -2.37. The van der Waals surface area contributed by atoms with E-state index < -0.39 is 0 Å². The van der Waals surface area contributed by atoms with Gasteiger partial charge in [-0.2, -0.15) is 5.06 Å². The molecule has 0 unspecified atom stereocenters. The van der Waals surface area contributed by atoms with Crippen molar-refractivity contribution in [2.45, 2.75) is 39.5 Å². The highest BCUT2D eigenvalue weighted by Crippen LogP contribution is 2.24. The van der Waals surface area contributed by atoms with E-state index in [-0.39, 0.29) is 5.54 Å². The zero-order valence-electron chi connectivity index (χ0n) is 8.95. The summed E-state index contributed by atoms with van der Waals surface area (Å²) < 4.78 is 0. The van der Waals surface area contributed by atoms with E-state index in [1.165, 1.54) is 11.1 Å². The maximum Gasteiger partial charge on any atom is 0.0954 e. The summed E-state index contributed by atoms with van der Waals surface area (Å²) in [5.74, 6) is 0. The summed E-state index contributed by atoms with van der Waals surface area (Å²) in [7, 11) is 0. The van der Waals surface area contributed by atoms with E-state index >= 15 is 0 Å². The minimum Gasteiger partial charge on any atom is -0.293 e. The summed E-state index contributed by atoms with van der Waals surface area (Å²) in [6.07, 6.45) is 3.72. The quantitative estimate of drug-likeness (QED) is 0.629. The van der Waals surface area contributed by atoms with Gasteiger partial charge in [-0.1, -0.05) is 0 Å². The molecule has 3 nitrogen and oxygen atoms in total. The maximum absolute atomic E-state index is 5.66. The van der Waals surface area contributed by atoms with Crippen LogP contribution >= 0.6 is 0 Å². The third-order valence-electron chi connectivity index (χ3n) is 2.44. The molecule has 76 valence electrons.